The van der Waals surface area contributed by atoms with Crippen molar-refractivity contribution in [3.8, 4) is 0 Å². The van der Waals surface area contributed by atoms with Crippen molar-refractivity contribution in [2.45, 2.75) is 124 Å². The van der Waals surface area contributed by atoms with Crippen LogP contribution in [0.4, 0.5) is 0 Å². The Labute approximate surface area is 270 Å². The van der Waals surface area contributed by atoms with Crippen LogP contribution in [0.1, 0.15) is 142 Å². The van der Waals surface area contributed by atoms with E-state index in [0.29, 0.717) is 29.9 Å². The molecule has 0 saturated carbocycles. The molecule has 0 spiro atoms. The second kappa shape index (κ2) is 14.7. The number of carbonyl (C=O) groups is 2. The Hall–Kier alpha value is -3.48. The van der Waals surface area contributed by atoms with Gasteiger partial charge in [0.25, 0.3) is 0 Å². The Balaban J connectivity index is 1.81. The van der Waals surface area contributed by atoms with Crippen molar-refractivity contribution in [2.75, 3.05) is 0 Å². The van der Waals surface area contributed by atoms with Crippen LogP contribution in [0.15, 0.2) is 66.7 Å². The van der Waals surface area contributed by atoms with Crippen molar-refractivity contribution in [2.24, 2.45) is 5.73 Å². The molecule has 45 heavy (non-hydrogen) atoms. The summed E-state index contributed by atoms with van der Waals surface area (Å²) in [4.78, 5) is 26.6. The largest absolute Gasteiger partial charge is 0.451 e. The molecule has 0 bridgehead atoms. The van der Waals surface area contributed by atoms with Crippen molar-refractivity contribution >= 4 is 11.9 Å². The van der Waals surface area contributed by atoms with Crippen molar-refractivity contribution in [1.82, 2.24) is 0 Å². The molecule has 0 aromatic heterocycles. The number of esters is 2. The molecule has 3 aromatic rings. The third kappa shape index (κ3) is 8.22. The Morgan fingerprint density at radius 1 is 0.689 bits per heavy atom. The van der Waals surface area contributed by atoms with Gasteiger partial charge in [-0.3, -0.25) is 0 Å². The number of rotatable bonds is 14. The van der Waals surface area contributed by atoms with Gasteiger partial charge in [0.2, 0.25) is 0 Å². The summed E-state index contributed by atoms with van der Waals surface area (Å²) in [6, 6.07) is 21.1. The lowest BCUT2D eigenvalue weighted by molar-refractivity contribution is -0.0804. The minimum absolute atomic E-state index is 0.347. The normalized spacial score (nSPS) is 16.9. The average molecular weight is 616 g/mol. The van der Waals surface area contributed by atoms with Gasteiger partial charge < -0.3 is 19.9 Å². The van der Waals surface area contributed by atoms with Crippen molar-refractivity contribution < 1.29 is 23.8 Å². The lowest BCUT2D eigenvalue weighted by atomic mass is 9.84. The fraction of sp³-hybridized carbons (Fsp3) is 0.487. The summed E-state index contributed by atoms with van der Waals surface area (Å²) < 4.78 is 18.3. The molecule has 0 aliphatic rings. The molecule has 0 radical (unpaired) electrons. The third-order valence-corrected chi connectivity index (χ3v) is 9.57. The molecule has 0 amide bonds. The van der Waals surface area contributed by atoms with E-state index in [1.807, 2.05) is 110 Å². The Bertz CT molecular complexity index is 1450. The zero-order valence-corrected chi connectivity index (χ0v) is 29.0. The Kier molecular flexibility index (Phi) is 11.8. The summed E-state index contributed by atoms with van der Waals surface area (Å²) in [5.74, 6) is -0.306. The van der Waals surface area contributed by atoms with Crippen molar-refractivity contribution in [3.05, 3.63) is 106 Å². The van der Waals surface area contributed by atoms with E-state index < -0.39 is 29.0 Å². The fourth-order valence-electron chi connectivity index (χ4n) is 5.67. The van der Waals surface area contributed by atoms with Crippen LogP contribution in [0.2, 0.25) is 0 Å². The molecule has 6 nitrogen and oxygen atoms in total. The molecule has 0 aliphatic heterocycles. The maximum Gasteiger partial charge on any atom is 0.339 e. The highest BCUT2D eigenvalue weighted by Crippen LogP contribution is 2.37. The predicted molar refractivity (Wildman–Crippen MR) is 181 cm³/mol. The first-order valence-electron chi connectivity index (χ1n) is 16.4. The lowest BCUT2D eigenvalue weighted by Crippen LogP contribution is -2.34. The van der Waals surface area contributed by atoms with E-state index in [1.54, 1.807) is 12.1 Å². The van der Waals surface area contributed by atoms with Gasteiger partial charge in [-0.1, -0.05) is 77.1 Å². The molecule has 3 rings (SSSR count). The Morgan fingerprint density at radius 3 is 1.60 bits per heavy atom. The zero-order chi connectivity index (χ0) is 33.6. The molecular weight excluding hydrogens is 562 g/mol. The summed E-state index contributed by atoms with van der Waals surface area (Å²) in [6.07, 6.45) is 2.56. The molecule has 3 aromatic carbocycles. The van der Waals surface area contributed by atoms with E-state index in [1.165, 1.54) is 5.56 Å². The van der Waals surface area contributed by atoms with Crippen LogP contribution in [0.5, 0.6) is 0 Å². The molecule has 6 heteroatoms. The summed E-state index contributed by atoms with van der Waals surface area (Å²) in [5.41, 5.74) is 9.61. The van der Waals surface area contributed by atoms with E-state index in [0.717, 1.165) is 35.1 Å². The van der Waals surface area contributed by atoms with Crippen molar-refractivity contribution in [1.29, 1.82) is 0 Å². The number of carbonyl (C=O) groups excluding carboxylic acids is 2. The van der Waals surface area contributed by atoms with E-state index in [4.69, 9.17) is 19.9 Å². The predicted octanol–water partition coefficient (Wildman–Crippen LogP) is 9.42. The highest BCUT2D eigenvalue weighted by atomic mass is 16.6. The number of nitrogens with two attached hydrogens (primary N) is 1. The number of hydrogen-bond donors (Lipinski definition) is 1. The molecular formula is C39H53NO5. The van der Waals surface area contributed by atoms with Crippen LogP contribution < -0.4 is 5.73 Å². The monoisotopic (exact) mass is 615 g/mol. The van der Waals surface area contributed by atoms with E-state index in [2.05, 4.69) is 13.8 Å². The van der Waals surface area contributed by atoms with Gasteiger partial charge in [0, 0.05) is 0 Å². The molecule has 5 atom stereocenters. The van der Waals surface area contributed by atoms with Gasteiger partial charge in [-0.05, 0) is 118 Å². The van der Waals surface area contributed by atoms with Gasteiger partial charge in [-0.25, -0.2) is 9.59 Å². The number of ether oxygens (including phenoxy) is 3. The lowest BCUT2D eigenvalue weighted by Gasteiger charge is -2.33. The van der Waals surface area contributed by atoms with Gasteiger partial charge in [0.15, 0.2) is 0 Å². The van der Waals surface area contributed by atoms with E-state index in [9.17, 15) is 9.59 Å². The van der Waals surface area contributed by atoms with Crippen LogP contribution in [-0.4, -0.2) is 18.2 Å². The summed E-state index contributed by atoms with van der Waals surface area (Å²) in [5, 5.41) is 0. The Morgan fingerprint density at radius 2 is 1.16 bits per heavy atom. The fourth-order valence-corrected chi connectivity index (χ4v) is 5.67. The topological polar surface area (TPSA) is 87.8 Å². The van der Waals surface area contributed by atoms with Gasteiger partial charge in [0.05, 0.1) is 16.7 Å². The molecule has 244 valence electrons. The molecule has 5 unspecified atom stereocenters. The van der Waals surface area contributed by atoms with Crippen LogP contribution in [0.3, 0.4) is 0 Å². The van der Waals surface area contributed by atoms with Crippen LogP contribution in [0, 0.1) is 6.92 Å². The summed E-state index contributed by atoms with van der Waals surface area (Å²) >= 11 is 0. The van der Waals surface area contributed by atoms with Gasteiger partial charge in [-0.2, -0.15) is 0 Å². The standard InChI is InChI=1S/C39H53NO5/c1-11-26(5)29-15-17-30(18-16-29)36(42)45-39(10,14-4)34-24-23-33(25-27(34)6)38(9,13-3)44-35(41)31-19-21-32(22-20-31)37(8,12-2)43-28(7)40/h15-26,28H,11-14,40H2,1-10H3. The molecule has 0 aliphatic carbocycles. The van der Waals surface area contributed by atoms with E-state index >= 15 is 0 Å². The first-order chi connectivity index (χ1) is 21.1. The first-order valence-corrected chi connectivity index (χ1v) is 16.4. The first kappa shape index (κ1) is 36.0. The SMILES string of the molecule is CCC(C)c1ccc(C(=O)OC(C)(CC)c2ccc(C(C)(CC)OC(=O)c3ccc(C(C)(CC)OC(C)N)cc3)cc2C)cc1. The highest BCUT2D eigenvalue weighted by Gasteiger charge is 2.35. The van der Waals surface area contributed by atoms with Crippen LogP contribution >= 0.6 is 0 Å². The van der Waals surface area contributed by atoms with Gasteiger partial charge >= 0.3 is 11.9 Å². The average Bonchev–Trinajstić information content (AvgIpc) is 3.03. The van der Waals surface area contributed by atoms with Crippen molar-refractivity contribution in [3.63, 3.8) is 0 Å². The van der Waals surface area contributed by atoms with Gasteiger partial charge in [-0.15, -0.1) is 0 Å². The quantitative estimate of drug-likeness (QED) is 0.144. The molecule has 0 heterocycles. The van der Waals surface area contributed by atoms with Gasteiger partial charge in [0.1, 0.15) is 17.4 Å². The number of benzene rings is 3. The zero-order valence-electron chi connectivity index (χ0n) is 29.0. The number of aryl methyl sites for hydroxylation is 1. The van der Waals surface area contributed by atoms with E-state index in [-0.39, 0.29) is 5.97 Å². The summed E-state index contributed by atoms with van der Waals surface area (Å²) in [7, 11) is 0. The maximum atomic E-state index is 13.4. The maximum absolute atomic E-state index is 13.4. The third-order valence-electron chi connectivity index (χ3n) is 9.57. The second-order valence-electron chi connectivity index (χ2n) is 12.9. The molecule has 0 fully saturated rings. The minimum Gasteiger partial charge on any atom is -0.451 e. The molecule has 0 saturated heterocycles. The smallest absolute Gasteiger partial charge is 0.339 e. The van der Waals surface area contributed by atoms with Crippen LogP contribution in [0.25, 0.3) is 0 Å². The second-order valence-corrected chi connectivity index (χ2v) is 12.9. The molecule has 2 N–H and O–H groups in total. The van der Waals surface area contributed by atoms with Crippen LogP contribution in [-0.2, 0) is 31.0 Å². The highest BCUT2D eigenvalue weighted by molar-refractivity contribution is 5.90. The summed E-state index contributed by atoms with van der Waals surface area (Å²) in [6.45, 7) is 20.1. The minimum atomic E-state index is -0.855. The number of hydrogen-bond acceptors (Lipinski definition) is 6.